The summed E-state index contributed by atoms with van der Waals surface area (Å²) in [7, 11) is 1.49. The monoisotopic (exact) mass is 533 g/mol. The van der Waals surface area contributed by atoms with Crippen molar-refractivity contribution in [2.75, 3.05) is 63.1 Å². The third-order valence-corrected chi connectivity index (χ3v) is 6.68. The van der Waals surface area contributed by atoms with Gasteiger partial charge in [-0.1, -0.05) is 18.2 Å². The van der Waals surface area contributed by atoms with Crippen LogP contribution in [0.25, 0.3) is 0 Å². The molecular weight excluding hydrogens is 503 g/mol. The van der Waals surface area contributed by atoms with Crippen molar-refractivity contribution < 1.29 is 32.3 Å². The Morgan fingerprint density at radius 2 is 1.79 bits per heavy atom. The fourth-order valence-electron chi connectivity index (χ4n) is 4.67. The molecular formula is C26H30F3N5O4. The molecule has 2 aliphatic heterocycles. The number of nitrogens with one attached hydrogen (secondary N) is 2. The van der Waals surface area contributed by atoms with Gasteiger partial charge in [0, 0.05) is 45.0 Å². The van der Waals surface area contributed by atoms with Crippen molar-refractivity contribution in [1.82, 2.24) is 15.1 Å². The second-order valence-corrected chi connectivity index (χ2v) is 9.16. The molecule has 2 heterocycles. The normalized spacial score (nSPS) is 18.6. The summed E-state index contributed by atoms with van der Waals surface area (Å²) in [5, 5.41) is 5.45. The molecule has 0 bridgehead atoms. The number of para-hydroxylation sites is 2. The largest absolute Gasteiger partial charge is 0.495 e. The van der Waals surface area contributed by atoms with Crippen molar-refractivity contribution in [3.8, 4) is 5.75 Å². The van der Waals surface area contributed by atoms with Crippen LogP contribution in [0.15, 0.2) is 48.5 Å². The molecule has 0 unspecified atom stereocenters. The first-order valence-corrected chi connectivity index (χ1v) is 12.3. The van der Waals surface area contributed by atoms with Crippen molar-refractivity contribution in [2.45, 2.75) is 18.6 Å². The molecule has 3 amide bonds. The summed E-state index contributed by atoms with van der Waals surface area (Å²) in [6.45, 7) is 2.48. The van der Waals surface area contributed by atoms with Gasteiger partial charge in [0.25, 0.3) is 0 Å². The van der Waals surface area contributed by atoms with Gasteiger partial charge < -0.3 is 25.2 Å². The van der Waals surface area contributed by atoms with E-state index in [2.05, 4.69) is 10.6 Å². The Hall–Kier alpha value is -3.80. The number of nitrogens with zero attached hydrogens (tertiary/aromatic N) is 3. The molecule has 2 saturated heterocycles. The van der Waals surface area contributed by atoms with Crippen LogP contribution >= 0.6 is 0 Å². The molecule has 0 radical (unpaired) electrons. The number of amides is 3. The van der Waals surface area contributed by atoms with E-state index >= 15 is 0 Å². The molecule has 4 rings (SSSR count). The minimum Gasteiger partial charge on any atom is -0.495 e. The van der Waals surface area contributed by atoms with Crippen LogP contribution in [0.5, 0.6) is 5.75 Å². The number of benzene rings is 2. The average molecular weight is 534 g/mol. The second kappa shape index (κ2) is 11.7. The van der Waals surface area contributed by atoms with E-state index in [9.17, 15) is 27.6 Å². The second-order valence-electron chi connectivity index (χ2n) is 9.16. The lowest BCUT2D eigenvalue weighted by molar-refractivity contribution is -0.145. The zero-order chi connectivity index (χ0) is 27.3. The number of methoxy groups -OCH3 is 1. The minimum atomic E-state index is -4.41. The van der Waals surface area contributed by atoms with Gasteiger partial charge in [-0.3, -0.25) is 19.3 Å². The van der Waals surface area contributed by atoms with Crippen LogP contribution in [0.3, 0.4) is 0 Å². The lowest BCUT2D eigenvalue weighted by Crippen LogP contribution is -2.60. The third-order valence-electron chi connectivity index (χ3n) is 6.68. The Bertz CT molecular complexity index is 1170. The van der Waals surface area contributed by atoms with Crippen molar-refractivity contribution in [3.05, 3.63) is 54.1 Å². The molecule has 0 aliphatic carbocycles. The van der Waals surface area contributed by atoms with Crippen LogP contribution < -0.4 is 20.3 Å². The van der Waals surface area contributed by atoms with E-state index in [1.165, 1.54) is 18.1 Å². The lowest BCUT2D eigenvalue weighted by Gasteiger charge is -2.39. The SMILES string of the molecule is COc1ccccc1NC(=O)C[C@H]1C(=O)NCCN1C(=O)CN1CCN(c2cccc(C(F)(F)F)c2)CC1. The molecule has 0 aromatic heterocycles. The third kappa shape index (κ3) is 6.55. The Labute approximate surface area is 218 Å². The van der Waals surface area contributed by atoms with E-state index in [0.717, 1.165) is 12.1 Å². The molecule has 38 heavy (non-hydrogen) atoms. The molecule has 0 saturated carbocycles. The fourth-order valence-corrected chi connectivity index (χ4v) is 4.67. The zero-order valence-corrected chi connectivity index (χ0v) is 21.0. The maximum absolute atomic E-state index is 13.2. The number of halogens is 3. The summed E-state index contributed by atoms with van der Waals surface area (Å²) < 4.78 is 44.5. The number of carbonyl (C=O) groups excluding carboxylic acids is 3. The number of hydrogen-bond acceptors (Lipinski definition) is 6. The van der Waals surface area contributed by atoms with E-state index in [1.54, 1.807) is 30.3 Å². The van der Waals surface area contributed by atoms with E-state index < -0.39 is 29.6 Å². The summed E-state index contributed by atoms with van der Waals surface area (Å²) in [4.78, 5) is 43.7. The minimum absolute atomic E-state index is 0.0499. The highest BCUT2D eigenvalue weighted by Gasteiger charge is 2.36. The molecule has 2 fully saturated rings. The van der Waals surface area contributed by atoms with E-state index in [-0.39, 0.29) is 25.4 Å². The van der Waals surface area contributed by atoms with Crippen molar-refractivity contribution in [3.63, 3.8) is 0 Å². The Kier molecular flexibility index (Phi) is 8.40. The highest BCUT2D eigenvalue weighted by molar-refractivity contribution is 5.98. The first kappa shape index (κ1) is 27.2. The van der Waals surface area contributed by atoms with Gasteiger partial charge in [-0.05, 0) is 30.3 Å². The summed E-state index contributed by atoms with van der Waals surface area (Å²) in [5.74, 6) is -0.619. The molecule has 2 aromatic carbocycles. The van der Waals surface area contributed by atoms with E-state index in [4.69, 9.17) is 4.74 Å². The van der Waals surface area contributed by atoms with Crippen LogP contribution in [0.1, 0.15) is 12.0 Å². The number of ether oxygens (including phenoxy) is 1. The van der Waals surface area contributed by atoms with E-state index in [0.29, 0.717) is 49.8 Å². The Balaban J connectivity index is 1.34. The summed E-state index contributed by atoms with van der Waals surface area (Å²) in [6.07, 6.45) is -4.62. The number of rotatable bonds is 7. The summed E-state index contributed by atoms with van der Waals surface area (Å²) in [5.41, 5.74) is 0.254. The maximum Gasteiger partial charge on any atom is 0.416 e. The molecule has 1 atom stereocenters. The van der Waals surface area contributed by atoms with Crippen LogP contribution in [0, 0.1) is 0 Å². The van der Waals surface area contributed by atoms with E-state index in [1.807, 2.05) is 9.80 Å². The smallest absolute Gasteiger partial charge is 0.416 e. The molecule has 12 heteroatoms. The van der Waals surface area contributed by atoms with Gasteiger partial charge in [0.2, 0.25) is 17.7 Å². The average Bonchev–Trinajstić information content (AvgIpc) is 2.90. The number of carbonyl (C=O) groups is 3. The molecule has 2 N–H and O–H groups in total. The predicted octanol–water partition coefficient (Wildman–Crippen LogP) is 2.19. The lowest BCUT2D eigenvalue weighted by atomic mass is 10.1. The summed E-state index contributed by atoms with van der Waals surface area (Å²) in [6, 6.07) is 11.1. The van der Waals surface area contributed by atoms with Gasteiger partial charge >= 0.3 is 6.18 Å². The van der Waals surface area contributed by atoms with Crippen LogP contribution in [-0.2, 0) is 20.6 Å². The maximum atomic E-state index is 13.2. The fraction of sp³-hybridized carbons (Fsp3) is 0.423. The molecule has 2 aromatic rings. The van der Waals surface area contributed by atoms with Crippen LogP contribution in [0.4, 0.5) is 24.5 Å². The van der Waals surface area contributed by atoms with Crippen molar-refractivity contribution in [2.24, 2.45) is 0 Å². The van der Waals surface area contributed by atoms with Crippen LogP contribution in [-0.4, -0.2) is 86.5 Å². The zero-order valence-electron chi connectivity index (χ0n) is 21.0. The van der Waals surface area contributed by atoms with Crippen molar-refractivity contribution >= 4 is 29.1 Å². The predicted molar refractivity (Wildman–Crippen MR) is 135 cm³/mol. The highest BCUT2D eigenvalue weighted by Crippen LogP contribution is 2.32. The standard InChI is InChI=1S/C26H30F3N5O4/c1-38-22-8-3-2-7-20(22)31-23(35)16-21-25(37)30-9-10-34(21)24(36)17-32-11-13-33(14-12-32)19-6-4-5-18(15-19)26(27,28)29/h2-8,15,21H,9-14,16-17H2,1H3,(H,30,37)(H,31,35)/t21-/m0/s1. The van der Waals surface area contributed by atoms with Gasteiger partial charge in [0.05, 0.1) is 31.3 Å². The molecule has 0 spiro atoms. The molecule has 9 nitrogen and oxygen atoms in total. The molecule has 2 aliphatic rings. The summed E-state index contributed by atoms with van der Waals surface area (Å²) >= 11 is 0. The Morgan fingerprint density at radius 3 is 2.50 bits per heavy atom. The van der Waals surface area contributed by atoms with Gasteiger partial charge in [-0.2, -0.15) is 13.2 Å². The highest BCUT2D eigenvalue weighted by atomic mass is 19.4. The molecule has 204 valence electrons. The number of alkyl halides is 3. The first-order valence-electron chi connectivity index (χ1n) is 12.3. The topological polar surface area (TPSA) is 94.2 Å². The number of hydrogen-bond donors (Lipinski definition) is 2. The van der Waals surface area contributed by atoms with Crippen LogP contribution in [0.2, 0.25) is 0 Å². The number of piperazine rings is 2. The van der Waals surface area contributed by atoms with Gasteiger partial charge in [0.15, 0.2) is 0 Å². The van der Waals surface area contributed by atoms with Gasteiger partial charge in [-0.15, -0.1) is 0 Å². The van der Waals surface area contributed by atoms with Gasteiger partial charge in [-0.25, -0.2) is 0 Å². The van der Waals surface area contributed by atoms with Crippen molar-refractivity contribution in [1.29, 1.82) is 0 Å². The van der Waals surface area contributed by atoms with Gasteiger partial charge in [0.1, 0.15) is 11.8 Å². The number of anilines is 2. The Morgan fingerprint density at radius 1 is 1.05 bits per heavy atom. The quantitative estimate of drug-likeness (QED) is 0.567. The first-order chi connectivity index (χ1) is 18.2.